The van der Waals surface area contributed by atoms with Crippen molar-refractivity contribution in [2.24, 2.45) is 0 Å². The minimum absolute atomic E-state index is 0.0555. The number of hydrogen-bond donors (Lipinski definition) is 2. The molecule has 0 aliphatic rings. The van der Waals surface area contributed by atoms with Crippen LogP contribution in [0.4, 0.5) is 0 Å². The minimum atomic E-state index is -0.553. The van der Waals surface area contributed by atoms with Crippen LogP contribution < -0.4 is 10.6 Å². The smallest absolute Gasteiger partial charge is 0.306 e. The predicted molar refractivity (Wildman–Crippen MR) is 96.8 cm³/mol. The van der Waals surface area contributed by atoms with E-state index in [-0.39, 0.29) is 42.6 Å². The van der Waals surface area contributed by atoms with E-state index in [9.17, 15) is 19.2 Å². The summed E-state index contributed by atoms with van der Waals surface area (Å²) in [6.07, 6.45) is 1.82. The topological polar surface area (TPSA) is 118 Å². The largest absolute Gasteiger partial charge is 0.459 e. The lowest BCUT2D eigenvalue weighted by Crippen LogP contribution is -2.46. The van der Waals surface area contributed by atoms with E-state index in [0.29, 0.717) is 6.42 Å². The summed E-state index contributed by atoms with van der Waals surface area (Å²) in [6, 6.07) is 3.14. The molecule has 0 bridgehead atoms. The maximum Gasteiger partial charge on any atom is 0.306 e. The second-order valence-electron chi connectivity index (χ2n) is 7.05. The molecule has 0 fully saturated rings. The van der Waals surface area contributed by atoms with Crippen LogP contribution in [-0.4, -0.2) is 60.9 Å². The van der Waals surface area contributed by atoms with E-state index in [1.807, 2.05) is 20.8 Å². The van der Waals surface area contributed by atoms with Crippen LogP contribution in [0.1, 0.15) is 44.2 Å². The Hall–Kier alpha value is -2.84. The zero-order valence-electron chi connectivity index (χ0n) is 16.2. The Morgan fingerprint density at radius 2 is 1.93 bits per heavy atom. The molecule has 3 amide bonds. The van der Waals surface area contributed by atoms with Gasteiger partial charge >= 0.3 is 5.97 Å². The molecule has 0 spiro atoms. The minimum Gasteiger partial charge on any atom is -0.459 e. The molecule has 0 aliphatic carbocycles. The normalized spacial score (nSPS) is 10.8. The molecular formula is C18H27N3O6. The Morgan fingerprint density at radius 1 is 1.22 bits per heavy atom. The molecule has 0 saturated carbocycles. The summed E-state index contributed by atoms with van der Waals surface area (Å²) in [4.78, 5) is 48.1. The Labute approximate surface area is 158 Å². The van der Waals surface area contributed by atoms with Gasteiger partial charge in [0.2, 0.25) is 5.91 Å². The Bertz CT molecular complexity index is 649. The van der Waals surface area contributed by atoms with Gasteiger partial charge in [0.1, 0.15) is 0 Å². The molecule has 0 saturated heterocycles. The predicted octanol–water partition coefficient (Wildman–Crippen LogP) is 0.706. The maximum absolute atomic E-state index is 11.9. The first-order valence-corrected chi connectivity index (χ1v) is 8.61. The highest BCUT2D eigenvalue weighted by Gasteiger charge is 2.18. The van der Waals surface area contributed by atoms with Crippen LogP contribution in [-0.2, 0) is 19.1 Å². The van der Waals surface area contributed by atoms with Gasteiger partial charge in [-0.3, -0.25) is 19.2 Å². The zero-order valence-corrected chi connectivity index (χ0v) is 16.2. The van der Waals surface area contributed by atoms with E-state index in [4.69, 9.17) is 9.15 Å². The molecule has 0 atom stereocenters. The second-order valence-corrected chi connectivity index (χ2v) is 7.05. The van der Waals surface area contributed by atoms with E-state index in [2.05, 4.69) is 10.6 Å². The Kier molecular flexibility index (Phi) is 8.50. The third-order valence-corrected chi connectivity index (χ3v) is 3.27. The van der Waals surface area contributed by atoms with E-state index < -0.39 is 18.5 Å². The van der Waals surface area contributed by atoms with Crippen molar-refractivity contribution in [2.75, 3.05) is 26.7 Å². The number of likely N-dealkylation sites (N-methyl/N-ethyl adjacent to an activating group) is 1. The molecule has 1 rings (SSSR count). The highest BCUT2D eigenvalue weighted by atomic mass is 16.5. The van der Waals surface area contributed by atoms with Crippen LogP contribution in [0.25, 0.3) is 0 Å². The van der Waals surface area contributed by atoms with Gasteiger partial charge in [0.15, 0.2) is 12.4 Å². The number of furan rings is 1. The van der Waals surface area contributed by atoms with Crippen molar-refractivity contribution in [1.29, 1.82) is 0 Å². The number of esters is 1. The molecule has 0 unspecified atom stereocenters. The summed E-state index contributed by atoms with van der Waals surface area (Å²) in [7, 11) is 1.46. The van der Waals surface area contributed by atoms with Crippen LogP contribution in [0.5, 0.6) is 0 Å². The zero-order chi connectivity index (χ0) is 20.4. The average Bonchev–Trinajstić information content (AvgIpc) is 3.09. The van der Waals surface area contributed by atoms with Gasteiger partial charge in [-0.25, -0.2) is 0 Å². The summed E-state index contributed by atoms with van der Waals surface area (Å²) >= 11 is 0. The van der Waals surface area contributed by atoms with Gasteiger partial charge in [0, 0.05) is 25.6 Å². The third kappa shape index (κ3) is 9.43. The molecule has 0 aromatic carbocycles. The summed E-state index contributed by atoms with van der Waals surface area (Å²) in [6.45, 7) is 5.24. The standard InChI is InChI=1S/C18H27N3O6/c1-18(2,3)20-14(22)11-21(4)15(23)12-27-16(24)8-5-9-19-17(25)13-7-6-10-26-13/h6-7,10H,5,8-9,11-12H2,1-4H3,(H,19,25)(H,20,22). The Morgan fingerprint density at radius 3 is 2.52 bits per heavy atom. The molecule has 0 radical (unpaired) electrons. The van der Waals surface area contributed by atoms with Crippen LogP contribution in [0.15, 0.2) is 22.8 Å². The van der Waals surface area contributed by atoms with Gasteiger partial charge in [-0.2, -0.15) is 0 Å². The number of carbonyl (C=O) groups is 4. The fourth-order valence-corrected chi connectivity index (χ4v) is 2.02. The number of nitrogens with one attached hydrogen (secondary N) is 2. The molecule has 9 heteroatoms. The first-order valence-electron chi connectivity index (χ1n) is 8.61. The molecule has 1 heterocycles. The number of rotatable bonds is 9. The SMILES string of the molecule is CN(CC(=O)NC(C)(C)C)C(=O)COC(=O)CCCNC(=O)c1ccco1. The summed E-state index contributed by atoms with van der Waals surface area (Å²) in [5.41, 5.74) is -0.389. The van der Waals surface area contributed by atoms with Gasteiger partial charge in [0.25, 0.3) is 11.8 Å². The molecule has 1 aromatic rings. The summed E-state index contributed by atoms with van der Waals surface area (Å²) < 4.78 is 9.83. The number of ether oxygens (including phenoxy) is 1. The molecule has 2 N–H and O–H groups in total. The van der Waals surface area contributed by atoms with Gasteiger partial charge in [-0.05, 0) is 39.3 Å². The monoisotopic (exact) mass is 381 g/mol. The molecule has 27 heavy (non-hydrogen) atoms. The number of amides is 3. The number of carbonyl (C=O) groups excluding carboxylic acids is 4. The van der Waals surface area contributed by atoms with Crippen molar-refractivity contribution in [3.63, 3.8) is 0 Å². The highest BCUT2D eigenvalue weighted by Crippen LogP contribution is 2.00. The quantitative estimate of drug-likeness (QED) is 0.480. The van der Waals surface area contributed by atoms with Crippen molar-refractivity contribution in [3.05, 3.63) is 24.2 Å². The first-order chi connectivity index (χ1) is 12.6. The second kappa shape index (κ2) is 10.3. The lowest BCUT2D eigenvalue weighted by molar-refractivity contribution is -0.152. The van der Waals surface area contributed by atoms with Crippen molar-refractivity contribution < 1.29 is 28.3 Å². The summed E-state index contributed by atoms with van der Waals surface area (Å²) in [5.74, 6) is -1.49. The first kappa shape index (κ1) is 22.2. The Balaban J connectivity index is 2.18. The number of nitrogens with zero attached hydrogens (tertiary/aromatic N) is 1. The van der Waals surface area contributed by atoms with Crippen molar-refractivity contribution in [1.82, 2.24) is 15.5 Å². The van der Waals surface area contributed by atoms with Gasteiger partial charge in [-0.1, -0.05) is 0 Å². The molecule has 9 nitrogen and oxygen atoms in total. The number of hydrogen-bond acceptors (Lipinski definition) is 6. The fourth-order valence-electron chi connectivity index (χ4n) is 2.02. The molecule has 0 aliphatic heterocycles. The molecular weight excluding hydrogens is 354 g/mol. The van der Waals surface area contributed by atoms with Crippen molar-refractivity contribution in [2.45, 2.75) is 39.2 Å². The molecule has 1 aromatic heterocycles. The maximum atomic E-state index is 11.9. The van der Waals surface area contributed by atoms with Gasteiger partial charge < -0.3 is 24.7 Å². The van der Waals surface area contributed by atoms with Gasteiger partial charge in [0.05, 0.1) is 12.8 Å². The van der Waals surface area contributed by atoms with E-state index in [1.165, 1.54) is 24.3 Å². The van der Waals surface area contributed by atoms with E-state index >= 15 is 0 Å². The van der Waals surface area contributed by atoms with Crippen molar-refractivity contribution >= 4 is 23.7 Å². The van der Waals surface area contributed by atoms with Crippen LogP contribution in [0.3, 0.4) is 0 Å². The van der Waals surface area contributed by atoms with Gasteiger partial charge in [-0.15, -0.1) is 0 Å². The lowest BCUT2D eigenvalue weighted by Gasteiger charge is -2.23. The van der Waals surface area contributed by atoms with Crippen LogP contribution >= 0.6 is 0 Å². The fraction of sp³-hybridized carbons (Fsp3) is 0.556. The molecule has 150 valence electrons. The van der Waals surface area contributed by atoms with Crippen LogP contribution in [0, 0.1) is 0 Å². The third-order valence-electron chi connectivity index (χ3n) is 3.27. The average molecular weight is 381 g/mol. The van der Waals surface area contributed by atoms with Crippen LogP contribution in [0.2, 0.25) is 0 Å². The van der Waals surface area contributed by atoms with E-state index in [0.717, 1.165) is 0 Å². The summed E-state index contributed by atoms with van der Waals surface area (Å²) in [5, 5.41) is 5.35. The van der Waals surface area contributed by atoms with Crippen molar-refractivity contribution in [3.8, 4) is 0 Å². The lowest BCUT2D eigenvalue weighted by atomic mass is 10.1. The van der Waals surface area contributed by atoms with E-state index in [1.54, 1.807) is 6.07 Å². The highest BCUT2D eigenvalue weighted by molar-refractivity contribution is 5.91.